The molecule has 0 N–H and O–H groups in total. The maximum Gasteiger partial charge on any atom is 0.137 e. The molecule has 0 fully saturated rings. The van der Waals surface area contributed by atoms with Gasteiger partial charge in [-0.05, 0) is 18.4 Å². The standard InChI is InChI=1S/C12H15ClO/c13-9-5-4-8-12(14)10-11-6-2-1-3-7-11/h1-3,6-7H,4-5,8-10H2. The van der Waals surface area contributed by atoms with Crippen LogP contribution in [0.25, 0.3) is 0 Å². The van der Waals surface area contributed by atoms with Crippen LogP contribution in [0, 0.1) is 0 Å². The Bertz CT molecular complexity index is 269. The van der Waals surface area contributed by atoms with E-state index in [0.717, 1.165) is 18.4 Å². The smallest absolute Gasteiger partial charge is 0.137 e. The minimum absolute atomic E-state index is 0.307. The van der Waals surface area contributed by atoms with E-state index in [1.807, 2.05) is 30.3 Å². The molecule has 0 heterocycles. The van der Waals surface area contributed by atoms with Gasteiger partial charge in [0.25, 0.3) is 0 Å². The van der Waals surface area contributed by atoms with Crippen LogP contribution >= 0.6 is 11.6 Å². The molecule has 0 aliphatic carbocycles. The predicted molar refractivity (Wildman–Crippen MR) is 59.7 cm³/mol. The van der Waals surface area contributed by atoms with Crippen LogP contribution in [0.5, 0.6) is 0 Å². The lowest BCUT2D eigenvalue weighted by Crippen LogP contribution is -2.02. The Labute approximate surface area is 90.1 Å². The van der Waals surface area contributed by atoms with Gasteiger partial charge in [0.1, 0.15) is 5.78 Å². The minimum atomic E-state index is 0.307. The third-order valence-electron chi connectivity index (χ3n) is 2.08. The van der Waals surface area contributed by atoms with Gasteiger partial charge in [0.2, 0.25) is 0 Å². The first kappa shape index (κ1) is 11.3. The number of carbonyl (C=O) groups excluding carboxylic acids is 1. The molecule has 0 aromatic heterocycles. The summed E-state index contributed by atoms with van der Waals surface area (Å²) in [5.41, 5.74) is 1.10. The summed E-state index contributed by atoms with van der Waals surface area (Å²) in [6.45, 7) is 0. The van der Waals surface area contributed by atoms with Crippen molar-refractivity contribution in [1.82, 2.24) is 0 Å². The molecule has 0 unspecified atom stereocenters. The maximum atomic E-state index is 11.4. The quantitative estimate of drug-likeness (QED) is 0.521. The Morgan fingerprint density at radius 1 is 1.14 bits per heavy atom. The Kier molecular flexibility index (Phi) is 5.31. The summed E-state index contributed by atoms with van der Waals surface area (Å²) < 4.78 is 0. The van der Waals surface area contributed by atoms with Gasteiger partial charge in [-0.25, -0.2) is 0 Å². The molecule has 1 nitrogen and oxygen atoms in total. The monoisotopic (exact) mass is 210 g/mol. The fourth-order valence-corrected chi connectivity index (χ4v) is 1.52. The number of halogens is 1. The van der Waals surface area contributed by atoms with E-state index in [9.17, 15) is 4.79 Å². The van der Waals surface area contributed by atoms with Crippen molar-refractivity contribution in [2.45, 2.75) is 25.7 Å². The zero-order valence-corrected chi connectivity index (χ0v) is 8.96. The highest BCUT2D eigenvalue weighted by atomic mass is 35.5. The number of hydrogen-bond acceptors (Lipinski definition) is 1. The minimum Gasteiger partial charge on any atom is -0.299 e. The van der Waals surface area contributed by atoms with E-state index in [1.165, 1.54) is 0 Å². The van der Waals surface area contributed by atoms with Crippen LogP contribution in [-0.2, 0) is 11.2 Å². The number of hydrogen-bond donors (Lipinski definition) is 0. The van der Waals surface area contributed by atoms with Gasteiger partial charge in [0.05, 0.1) is 0 Å². The van der Waals surface area contributed by atoms with Gasteiger partial charge < -0.3 is 0 Å². The molecule has 0 radical (unpaired) electrons. The molecular formula is C12H15ClO. The molecule has 2 heteroatoms. The Hall–Kier alpha value is -0.820. The number of rotatable bonds is 6. The van der Waals surface area contributed by atoms with E-state index >= 15 is 0 Å². The van der Waals surface area contributed by atoms with E-state index in [-0.39, 0.29) is 0 Å². The van der Waals surface area contributed by atoms with E-state index in [1.54, 1.807) is 0 Å². The third-order valence-corrected chi connectivity index (χ3v) is 2.35. The van der Waals surface area contributed by atoms with Crippen LogP contribution in [0.15, 0.2) is 30.3 Å². The van der Waals surface area contributed by atoms with Gasteiger partial charge in [-0.2, -0.15) is 0 Å². The van der Waals surface area contributed by atoms with Gasteiger partial charge in [-0.1, -0.05) is 30.3 Å². The average Bonchev–Trinajstić information content (AvgIpc) is 2.20. The van der Waals surface area contributed by atoms with E-state index < -0.39 is 0 Å². The third kappa shape index (κ3) is 4.43. The summed E-state index contributed by atoms with van der Waals surface area (Å²) in [6.07, 6.45) is 3.06. The second kappa shape index (κ2) is 6.61. The first-order valence-electron chi connectivity index (χ1n) is 4.94. The van der Waals surface area contributed by atoms with Crippen molar-refractivity contribution >= 4 is 17.4 Å². The van der Waals surface area contributed by atoms with E-state index in [2.05, 4.69) is 0 Å². The number of unbranched alkanes of at least 4 members (excludes halogenated alkanes) is 1. The first-order valence-corrected chi connectivity index (χ1v) is 5.48. The molecule has 14 heavy (non-hydrogen) atoms. The zero-order valence-electron chi connectivity index (χ0n) is 8.21. The number of ketones is 1. The van der Waals surface area contributed by atoms with Gasteiger partial charge >= 0.3 is 0 Å². The summed E-state index contributed by atoms with van der Waals surface area (Å²) in [5, 5.41) is 0. The van der Waals surface area contributed by atoms with Crippen molar-refractivity contribution in [3.8, 4) is 0 Å². The topological polar surface area (TPSA) is 17.1 Å². The van der Waals surface area contributed by atoms with Gasteiger partial charge in [0.15, 0.2) is 0 Å². The molecule has 0 aliphatic heterocycles. The highest BCUT2D eigenvalue weighted by Gasteiger charge is 2.02. The number of alkyl halides is 1. The van der Waals surface area contributed by atoms with Crippen LogP contribution in [0.1, 0.15) is 24.8 Å². The molecule has 0 saturated heterocycles. The molecule has 0 aliphatic rings. The predicted octanol–water partition coefficient (Wildman–Crippen LogP) is 3.21. The normalized spacial score (nSPS) is 10.1. The number of carbonyl (C=O) groups is 1. The van der Waals surface area contributed by atoms with Gasteiger partial charge in [-0.3, -0.25) is 4.79 Å². The van der Waals surface area contributed by atoms with Crippen LogP contribution < -0.4 is 0 Å². The van der Waals surface area contributed by atoms with Crippen LogP contribution in [-0.4, -0.2) is 11.7 Å². The first-order chi connectivity index (χ1) is 6.83. The van der Waals surface area contributed by atoms with Crippen molar-refractivity contribution in [3.63, 3.8) is 0 Å². The van der Waals surface area contributed by atoms with E-state index in [0.29, 0.717) is 24.5 Å². The Morgan fingerprint density at radius 3 is 2.50 bits per heavy atom. The molecule has 1 aromatic carbocycles. The zero-order chi connectivity index (χ0) is 10.2. The molecule has 0 bridgehead atoms. The Balaban J connectivity index is 2.27. The fraction of sp³-hybridized carbons (Fsp3) is 0.417. The molecule has 76 valence electrons. The highest BCUT2D eigenvalue weighted by Crippen LogP contribution is 2.05. The summed E-state index contributed by atoms with van der Waals surface area (Å²) in [6, 6.07) is 9.85. The van der Waals surface area contributed by atoms with Crippen molar-refractivity contribution in [1.29, 1.82) is 0 Å². The van der Waals surface area contributed by atoms with Gasteiger partial charge in [-0.15, -0.1) is 11.6 Å². The second-order valence-corrected chi connectivity index (χ2v) is 3.73. The van der Waals surface area contributed by atoms with Crippen molar-refractivity contribution in [2.24, 2.45) is 0 Å². The lowest BCUT2D eigenvalue weighted by Gasteiger charge is -2.00. The lowest BCUT2D eigenvalue weighted by atomic mass is 10.1. The molecule has 0 saturated carbocycles. The molecule has 1 aromatic rings. The summed E-state index contributed by atoms with van der Waals surface area (Å²) >= 11 is 5.53. The van der Waals surface area contributed by atoms with Crippen LogP contribution in [0.3, 0.4) is 0 Å². The van der Waals surface area contributed by atoms with Crippen molar-refractivity contribution in [3.05, 3.63) is 35.9 Å². The van der Waals surface area contributed by atoms with E-state index in [4.69, 9.17) is 11.6 Å². The summed E-state index contributed by atoms with van der Waals surface area (Å²) in [4.78, 5) is 11.4. The molecule has 0 spiro atoms. The molecule has 0 amide bonds. The van der Waals surface area contributed by atoms with Crippen molar-refractivity contribution < 1.29 is 4.79 Å². The van der Waals surface area contributed by atoms with Crippen LogP contribution in [0.2, 0.25) is 0 Å². The largest absolute Gasteiger partial charge is 0.299 e. The highest BCUT2D eigenvalue weighted by molar-refractivity contribution is 6.17. The van der Waals surface area contributed by atoms with Gasteiger partial charge in [0, 0.05) is 18.7 Å². The number of Topliss-reactive ketones (excluding diaryl/α,β-unsaturated/α-hetero) is 1. The SMILES string of the molecule is O=C(CCCCCl)Cc1ccccc1. The van der Waals surface area contributed by atoms with Crippen LogP contribution in [0.4, 0.5) is 0 Å². The number of benzene rings is 1. The maximum absolute atomic E-state index is 11.4. The summed E-state index contributed by atoms with van der Waals surface area (Å²) in [7, 11) is 0. The molecule has 0 atom stereocenters. The molecule has 1 rings (SSSR count). The fourth-order valence-electron chi connectivity index (χ4n) is 1.33. The average molecular weight is 211 g/mol. The Morgan fingerprint density at radius 2 is 1.86 bits per heavy atom. The summed E-state index contributed by atoms with van der Waals surface area (Å²) in [5.74, 6) is 0.958. The second-order valence-electron chi connectivity index (χ2n) is 3.35. The lowest BCUT2D eigenvalue weighted by molar-refractivity contribution is -0.118. The molecular weight excluding hydrogens is 196 g/mol. The van der Waals surface area contributed by atoms with Crippen molar-refractivity contribution in [2.75, 3.05) is 5.88 Å².